The molecular formula is C21H19FN2O2. The number of urea groups is 1. The van der Waals surface area contributed by atoms with E-state index in [9.17, 15) is 9.18 Å². The molecule has 3 rings (SSSR count). The molecule has 3 aromatic rings. The van der Waals surface area contributed by atoms with Crippen molar-refractivity contribution in [2.75, 3.05) is 17.2 Å². The Morgan fingerprint density at radius 2 is 1.62 bits per heavy atom. The highest BCUT2D eigenvalue weighted by Crippen LogP contribution is 2.23. The van der Waals surface area contributed by atoms with Gasteiger partial charge in [0.15, 0.2) is 0 Å². The van der Waals surface area contributed by atoms with Gasteiger partial charge in [-0.3, -0.25) is 0 Å². The van der Waals surface area contributed by atoms with Gasteiger partial charge in [-0.15, -0.1) is 0 Å². The first-order chi connectivity index (χ1) is 12.7. The zero-order valence-corrected chi connectivity index (χ0v) is 14.1. The molecule has 4 nitrogen and oxygen atoms in total. The summed E-state index contributed by atoms with van der Waals surface area (Å²) < 4.78 is 13.4. The number of carbonyl (C=O) groups excluding carboxylic acids is 1. The Labute approximate surface area is 151 Å². The fourth-order valence-electron chi connectivity index (χ4n) is 2.71. The predicted molar refractivity (Wildman–Crippen MR) is 102 cm³/mol. The molecule has 5 heteroatoms. The molecule has 0 radical (unpaired) electrons. The van der Waals surface area contributed by atoms with Gasteiger partial charge >= 0.3 is 6.03 Å². The molecule has 3 aromatic carbocycles. The zero-order chi connectivity index (χ0) is 18.4. The molecule has 0 spiro atoms. The third-order valence-electron chi connectivity index (χ3n) is 3.93. The Bertz CT molecular complexity index is 912. The molecule has 0 atom stereocenters. The number of nitrogens with one attached hydrogen (secondary N) is 2. The summed E-state index contributed by atoms with van der Waals surface area (Å²) >= 11 is 0. The Hall–Kier alpha value is -3.18. The van der Waals surface area contributed by atoms with Crippen molar-refractivity contribution in [1.82, 2.24) is 0 Å². The maximum absolute atomic E-state index is 13.4. The number of hydrogen-bond acceptors (Lipinski definition) is 2. The minimum absolute atomic E-state index is 0.00991. The highest BCUT2D eigenvalue weighted by Gasteiger charge is 2.07. The Morgan fingerprint density at radius 1 is 0.885 bits per heavy atom. The standard InChI is InChI=1S/C21H19FN2O2/c22-18-8-3-6-16(13-18)17-7-4-9-19(14-17)23-21(26)24-20-10-2-1-5-15(20)11-12-25/h1-10,13-14,25H,11-12H2,(H2,23,24,26). The number of aliphatic hydroxyl groups is 1. The number of halogens is 1. The predicted octanol–water partition coefficient (Wildman–Crippen LogP) is 4.67. The van der Waals surface area contributed by atoms with E-state index in [-0.39, 0.29) is 18.5 Å². The second-order valence-electron chi connectivity index (χ2n) is 5.80. The number of aliphatic hydroxyl groups excluding tert-OH is 1. The molecule has 2 amide bonds. The first-order valence-electron chi connectivity index (χ1n) is 8.28. The fourth-order valence-corrected chi connectivity index (χ4v) is 2.71. The van der Waals surface area contributed by atoms with E-state index in [4.69, 9.17) is 5.11 Å². The highest BCUT2D eigenvalue weighted by molar-refractivity contribution is 6.00. The van der Waals surface area contributed by atoms with Gasteiger partial charge < -0.3 is 15.7 Å². The van der Waals surface area contributed by atoms with Crippen molar-refractivity contribution in [2.24, 2.45) is 0 Å². The van der Waals surface area contributed by atoms with Crippen LogP contribution < -0.4 is 10.6 Å². The zero-order valence-electron chi connectivity index (χ0n) is 14.1. The van der Waals surface area contributed by atoms with E-state index in [2.05, 4.69) is 10.6 Å². The van der Waals surface area contributed by atoms with E-state index in [1.54, 1.807) is 30.3 Å². The molecule has 0 saturated heterocycles. The first kappa shape index (κ1) is 17.6. The number of benzene rings is 3. The summed E-state index contributed by atoms with van der Waals surface area (Å²) in [4.78, 5) is 12.3. The van der Waals surface area contributed by atoms with Gasteiger partial charge in [-0.2, -0.15) is 0 Å². The molecule has 0 unspecified atom stereocenters. The van der Waals surface area contributed by atoms with Crippen molar-refractivity contribution in [2.45, 2.75) is 6.42 Å². The second kappa shape index (κ2) is 8.27. The summed E-state index contributed by atoms with van der Waals surface area (Å²) in [6.45, 7) is 0.00991. The minimum atomic E-state index is -0.383. The minimum Gasteiger partial charge on any atom is -0.396 e. The van der Waals surface area contributed by atoms with Crippen molar-refractivity contribution in [1.29, 1.82) is 0 Å². The summed E-state index contributed by atoms with van der Waals surface area (Å²) in [6, 6.07) is 20.4. The molecule has 0 aliphatic carbocycles. The number of rotatable bonds is 5. The van der Waals surface area contributed by atoms with E-state index in [0.29, 0.717) is 17.8 Å². The third kappa shape index (κ3) is 4.46. The van der Waals surface area contributed by atoms with Gasteiger partial charge in [-0.1, -0.05) is 42.5 Å². The van der Waals surface area contributed by atoms with E-state index in [1.807, 2.05) is 30.3 Å². The monoisotopic (exact) mass is 350 g/mol. The Balaban J connectivity index is 1.73. The van der Waals surface area contributed by atoms with E-state index >= 15 is 0 Å². The van der Waals surface area contributed by atoms with Crippen LogP contribution in [0.2, 0.25) is 0 Å². The number of hydrogen-bond donors (Lipinski definition) is 3. The van der Waals surface area contributed by atoms with Crippen LogP contribution in [0.5, 0.6) is 0 Å². The van der Waals surface area contributed by atoms with Crippen LogP contribution in [0.4, 0.5) is 20.6 Å². The molecule has 0 aliphatic rings. The lowest BCUT2D eigenvalue weighted by Crippen LogP contribution is -2.20. The summed E-state index contributed by atoms with van der Waals surface area (Å²) in [6.07, 6.45) is 0.464. The fraction of sp³-hybridized carbons (Fsp3) is 0.0952. The van der Waals surface area contributed by atoms with Crippen LogP contribution >= 0.6 is 0 Å². The van der Waals surface area contributed by atoms with Crippen molar-refractivity contribution in [3.05, 3.63) is 84.2 Å². The second-order valence-corrected chi connectivity index (χ2v) is 5.80. The smallest absolute Gasteiger partial charge is 0.323 e. The van der Waals surface area contributed by atoms with Crippen LogP contribution in [-0.2, 0) is 6.42 Å². The maximum atomic E-state index is 13.4. The van der Waals surface area contributed by atoms with Crippen LogP contribution in [0.3, 0.4) is 0 Å². The van der Waals surface area contributed by atoms with Crippen molar-refractivity contribution >= 4 is 17.4 Å². The van der Waals surface area contributed by atoms with Gasteiger partial charge in [0.05, 0.1) is 0 Å². The summed E-state index contributed by atoms with van der Waals surface area (Å²) in [5, 5.41) is 14.7. The van der Waals surface area contributed by atoms with Crippen molar-refractivity contribution in [3.8, 4) is 11.1 Å². The lowest BCUT2D eigenvalue weighted by molar-refractivity contribution is 0.262. The topological polar surface area (TPSA) is 61.4 Å². The summed E-state index contributed by atoms with van der Waals surface area (Å²) in [7, 11) is 0. The molecule has 0 fully saturated rings. The molecule has 0 bridgehead atoms. The number of amides is 2. The third-order valence-corrected chi connectivity index (χ3v) is 3.93. The largest absolute Gasteiger partial charge is 0.396 e. The molecule has 0 saturated carbocycles. The SMILES string of the molecule is O=C(Nc1cccc(-c2cccc(F)c2)c1)Nc1ccccc1CCO. The number of carbonyl (C=O) groups is 1. The number of para-hydroxylation sites is 1. The van der Waals surface area contributed by atoms with Gasteiger partial charge in [0.1, 0.15) is 5.82 Å². The van der Waals surface area contributed by atoms with Gasteiger partial charge in [0.25, 0.3) is 0 Å². The van der Waals surface area contributed by atoms with Crippen LogP contribution in [0.25, 0.3) is 11.1 Å². The highest BCUT2D eigenvalue weighted by atomic mass is 19.1. The molecule has 132 valence electrons. The Morgan fingerprint density at radius 3 is 2.38 bits per heavy atom. The van der Waals surface area contributed by atoms with Gasteiger partial charge in [-0.05, 0) is 53.4 Å². The van der Waals surface area contributed by atoms with Crippen molar-refractivity contribution < 1.29 is 14.3 Å². The maximum Gasteiger partial charge on any atom is 0.323 e. The normalized spacial score (nSPS) is 10.4. The van der Waals surface area contributed by atoms with Crippen molar-refractivity contribution in [3.63, 3.8) is 0 Å². The molecule has 0 aromatic heterocycles. The molecule has 3 N–H and O–H groups in total. The lowest BCUT2D eigenvalue weighted by atomic mass is 10.1. The van der Waals surface area contributed by atoms with Crippen LogP contribution in [0, 0.1) is 5.82 Å². The molecule has 0 heterocycles. The van der Waals surface area contributed by atoms with Gasteiger partial charge in [-0.25, -0.2) is 9.18 Å². The van der Waals surface area contributed by atoms with E-state index in [1.165, 1.54) is 12.1 Å². The van der Waals surface area contributed by atoms with E-state index < -0.39 is 0 Å². The van der Waals surface area contributed by atoms with Crippen LogP contribution in [-0.4, -0.2) is 17.7 Å². The van der Waals surface area contributed by atoms with Crippen LogP contribution in [0.1, 0.15) is 5.56 Å². The lowest BCUT2D eigenvalue weighted by Gasteiger charge is -2.12. The Kier molecular flexibility index (Phi) is 5.61. The average Bonchev–Trinajstić information content (AvgIpc) is 2.64. The quantitative estimate of drug-likeness (QED) is 0.626. The number of anilines is 2. The molecule has 26 heavy (non-hydrogen) atoms. The summed E-state index contributed by atoms with van der Waals surface area (Å²) in [5.41, 5.74) is 3.66. The molecular weight excluding hydrogens is 331 g/mol. The van der Waals surface area contributed by atoms with Gasteiger partial charge in [0, 0.05) is 18.0 Å². The van der Waals surface area contributed by atoms with Crippen LogP contribution in [0.15, 0.2) is 72.8 Å². The van der Waals surface area contributed by atoms with E-state index in [0.717, 1.165) is 16.7 Å². The first-order valence-corrected chi connectivity index (χ1v) is 8.28. The van der Waals surface area contributed by atoms with Gasteiger partial charge in [0.2, 0.25) is 0 Å². The molecule has 0 aliphatic heterocycles. The average molecular weight is 350 g/mol. The summed E-state index contributed by atoms with van der Waals surface area (Å²) in [5.74, 6) is -0.306.